The zero-order chi connectivity index (χ0) is 10.6. The fraction of sp³-hybridized carbons (Fsp3) is 0.444. The van der Waals surface area contributed by atoms with Crippen molar-refractivity contribution in [1.82, 2.24) is 5.32 Å². The average molecular weight is 260 g/mol. The number of rotatable bonds is 3. The number of aliphatic imine (C=N–C) groups is 1. The molecule has 3 N–H and O–H groups in total. The number of guanidine groups is 1. The third-order valence-corrected chi connectivity index (χ3v) is 1.90. The minimum absolute atomic E-state index is 0.294. The molecule has 14 heavy (non-hydrogen) atoms. The fourth-order valence-corrected chi connectivity index (χ4v) is 1.28. The van der Waals surface area contributed by atoms with Crippen molar-refractivity contribution in [3.8, 4) is 0 Å². The van der Waals surface area contributed by atoms with Gasteiger partial charge >= 0.3 is 0 Å². The Morgan fingerprint density at radius 1 is 1.64 bits per heavy atom. The Balaban J connectivity index is 2.46. The molecule has 1 heterocycles. The highest BCUT2D eigenvalue weighted by Crippen LogP contribution is 2.14. The van der Waals surface area contributed by atoms with Gasteiger partial charge in [0, 0.05) is 6.04 Å². The molecule has 0 aliphatic heterocycles. The van der Waals surface area contributed by atoms with Crippen LogP contribution in [-0.2, 0) is 6.54 Å². The monoisotopic (exact) mass is 259 g/mol. The molecule has 0 saturated heterocycles. The number of nitrogens with zero attached hydrogens (tertiary/aromatic N) is 1. The molecule has 1 rings (SSSR count). The van der Waals surface area contributed by atoms with Gasteiger partial charge in [0.25, 0.3) is 0 Å². The molecule has 1 aromatic heterocycles. The number of hydrogen-bond acceptors (Lipinski definition) is 2. The first-order valence-electron chi connectivity index (χ1n) is 4.38. The van der Waals surface area contributed by atoms with Crippen LogP contribution in [0.15, 0.2) is 26.2 Å². The fourth-order valence-electron chi connectivity index (χ4n) is 0.941. The Hall–Kier alpha value is -0.970. The molecule has 0 amide bonds. The van der Waals surface area contributed by atoms with Crippen molar-refractivity contribution in [3.63, 3.8) is 0 Å². The molecular weight excluding hydrogens is 246 g/mol. The largest absolute Gasteiger partial charge is 0.452 e. The lowest BCUT2D eigenvalue weighted by molar-refractivity contribution is 0.490. The number of hydrogen-bond donors (Lipinski definition) is 2. The smallest absolute Gasteiger partial charge is 0.189 e. The van der Waals surface area contributed by atoms with E-state index in [4.69, 9.17) is 10.2 Å². The lowest BCUT2D eigenvalue weighted by Gasteiger charge is -2.07. The number of halogens is 1. The highest BCUT2D eigenvalue weighted by molar-refractivity contribution is 9.10. The van der Waals surface area contributed by atoms with Gasteiger partial charge in [-0.15, -0.1) is 0 Å². The third kappa shape index (κ3) is 3.83. The molecule has 0 spiro atoms. The second-order valence-electron chi connectivity index (χ2n) is 3.21. The molecule has 0 fully saturated rings. The van der Waals surface area contributed by atoms with Crippen molar-refractivity contribution in [2.75, 3.05) is 0 Å². The third-order valence-electron chi connectivity index (χ3n) is 1.47. The molecule has 78 valence electrons. The van der Waals surface area contributed by atoms with Gasteiger partial charge in [-0.25, -0.2) is 4.99 Å². The molecule has 0 aliphatic carbocycles. The summed E-state index contributed by atoms with van der Waals surface area (Å²) >= 11 is 3.22. The lowest BCUT2D eigenvalue weighted by atomic mass is 10.4. The Labute approximate surface area is 91.7 Å². The summed E-state index contributed by atoms with van der Waals surface area (Å²) in [6, 6.07) is 3.98. The van der Waals surface area contributed by atoms with Crippen molar-refractivity contribution in [3.05, 3.63) is 22.6 Å². The second-order valence-corrected chi connectivity index (χ2v) is 3.99. The number of nitrogens with two attached hydrogens (primary N) is 1. The maximum absolute atomic E-state index is 5.61. The Morgan fingerprint density at radius 3 is 2.86 bits per heavy atom. The molecule has 0 bridgehead atoms. The molecule has 0 saturated carbocycles. The van der Waals surface area contributed by atoms with Gasteiger partial charge < -0.3 is 15.5 Å². The normalized spacial score (nSPS) is 12.1. The molecule has 0 radical (unpaired) electrons. The van der Waals surface area contributed by atoms with Crippen LogP contribution in [0.1, 0.15) is 19.6 Å². The molecular formula is C9H14BrN3O. The summed E-state index contributed by atoms with van der Waals surface area (Å²) in [4.78, 5) is 4.12. The van der Waals surface area contributed by atoms with Gasteiger partial charge in [-0.05, 0) is 41.9 Å². The van der Waals surface area contributed by atoms with Crippen molar-refractivity contribution in [1.29, 1.82) is 0 Å². The van der Waals surface area contributed by atoms with Gasteiger partial charge in [0.1, 0.15) is 12.3 Å². The summed E-state index contributed by atoms with van der Waals surface area (Å²) < 4.78 is 5.97. The van der Waals surface area contributed by atoms with Crippen LogP contribution in [0.2, 0.25) is 0 Å². The van der Waals surface area contributed by atoms with Crippen molar-refractivity contribution < 1.29 is 4.42 Å². The highest BCUT2D eigenvalue weighted by atomic mass is 79.9. The van der Waals surface area contributed by atoms with Crippen LogP contribution < -0.4 is 11.1 Å². The summed E-state index contributed by atoms with van der Waals surface area (Å²) in [7, 11) is 0. The lowest BCUT2D eigenvalue weighted by Crippen LogP contribution is -2.36. The van der Waals surface area contributed by atoms with E-state index in [1.165, 1.54) is 0 Å². The standard InChI is InChI=1S/C9H14BrN3O/c1-6(2)13-9(11)12-5-7-3-4-8(10)14-7/h3-4,6H,5H2,1-2H3,(H3,11,12,13). The highest BCUT2D eigenvalue weighted by Gasteiger charge is 1.99. The van der Waals surface area contributed by atoms with E-state index < -0.39 is 0 Å². The van der Waals surface area contributed by atoms with Crippen LogP contribution >= 0.6 is 15.9 Å². The van der Waals surface area contributed by atoms with Crippen LogP contribution in [0.4, 0.5) is 0 Å². The Morgan fingerprint density at radius 2 is 2.36 bits per heavy atom. The van der Waals surface area contributed by atoms with Crippen molar-refractivity contribution >= 4 is 21.9 Å². The molecule has 0 aromatic carbocycles. The summed E-state index contributed by atoms with van der Waals surface area (Å²) in [5.41, 5.74) is 5.61. The second kappa shape index (κ2) is 5.05. The molecule has 1 aromatic rings. The SMILES string of the molecule is CC(C)NC(N)=NCc1ccc(Br)o1. The minimum Gasteiger partial charge on any atom is -0.452 e. The van der Waals surface area contributed by atoms with E-state index in [1.54, 1.807) is 0 Å². The van der Waals surface area contributed by atoms with Gasteiger partial charge in [0.15, 0.2) is 10.6 Å². The first-order chi connectivity index (χ1) is 6.58. The van der Waals surface area contributed by atoms with Gasteiger partial charge in [-0.1, -0.05) is 0 Å². The van der Waals surface area contributed by atoms with E-state index in [9.17, 15) is 0 Å². The summed E-state index contributed by atoms with van der Waals surface area (Å²) in [6.07, 6.45) is 0. The zero-order valence-electron chi connectivity index (χ0n) is 8.25. The van der Waals surface area contributed by atoms with E-state index in [0.717, 1.165) is 5.76 Å². The van der Waals surface area contributed by atoms with Crippen LogP contribution in [-0.4, -0.2) is 12.0 Å². The van der Waals surface area contributed by atoms with E-state index in [0.29, 0.717) is 23.2 Å². The van der Waals surface area contributed by atoms with Gasteiger partial charge in [-0.2, -0.15) is 0 Å². The Bertz CT molecular complexity index is 320. The van der Waals surface area contributed by atoms with Crippen LogP contribution in [0.5, 0.6) is 0 Å². The molecule has 5 heteroatoms. The first-order valence-corrected chi connectivity index (χ1v) is 5.18. The zero-order valence-corrected chi connectivity index (χ0v) is 9.84. The minimum atomic E-state index is 0.294. The quantitative estimate of drug-likeness (QED) is 0.644. The van der Waals surface area contributed by atoms with Crippen molar-refractivity contribution in [2.24, 2.45) is 10.7 Å². The molecule has 0 unspecified atom stereocenters. The Kier molecular flexibility index (Phi) is 4.00. The van der Waals surface area contributed by atoms with Crippen LogP contribution in [0.3, 0.4) is 0 Å². The molecule has 0 atom stereocenters. The summed E-state index contributed by atoms with van der Waals surface area (Å²) in [5.74, 6) is 1.22. The van der Waals surface area contributed by atoms with Gasteiger partial charge in [0.2, 0.25) is 0 Å². The predicted octanol–water partition coefficient (Wildman–Crippen LogP) is 1.85. The maximum atomic E-state index is 5.61. The number of furan rings is 1. The van der Waals surface area contributed by atoms with E-state index in [1.807, 2.05) is 26.0 Å². The van der Waals surface area contributed by atoms with Gasteiger partial charge in [-0.3, -0.25) is 0 Å². The first kappa shape index (κ1) is 11.1. The topological polar surface area (TPSA) is 63.5 Å². The predicted molar refractivity (Wildman–Crippen MR) is 60.0 cm³/mol. The van der Waals surface area contributed by atoms with Gasteiger partial charge in [0.05, 0.1) is 0 Å². The van der Waals surface area contributed by atoms with Crippen LogP contribution in [0, 0.1) is 0 Å². The maximum Gasteiger partial charge on any atom is 0.189 e. The van der Waals surface area contributed by atoms with E-state index in [2.05, 4.69) is 26.2 Å². The van der Waals surface area contributed by atoms with E-state index >= 15 is 0 Å². The van der Waals surface area contributed by atoms with Crippen LogP contribution in [0.25, 0.3) is 0 Å². The number of nitrogens with one attached hydrogen (secondary N) is 1. The molecule has 0 aliphatic rings. The average Bonchev–Trinajstić information content (AvgIpc) is 2.47. The van der Waals surface area contributed by atoms with Crippen molar-refractivity contribution in [2.45, 2.75) is 26.4 Å². The molecule has 4 nitrogen and oxygen atoms in total. The summed E-state index contributed by atoms with van der Waals surface area (Å²) in [5, 5.41) is 2.99. The summed E-state index contributed by atoms with van der Waals surface area (Å²) in [6.45, 7) is 4.47. The van der Waals surface area contributed by atoms with E-state index in [-0.39, 0.29) is 0 Å².